The highest BCUT2D eigenvalue weighted by molar-refractivity contribution is 9.10. The highest BCUT2D eigenvalue weighted by Crippen LogP contribution is 2.42. The number of aryl methyl sites for hydroxylation is 1. The summed E-state index contributed by atoms with van der Waals surface area (Å²) in [4.78, 5) is 5.93. The van der Waals surface area contributed by atoms with Crippen LogP contribution >= 0.6 is 15.9 Å². The number of hydrogen-bond donors (Lipinski definition) is 0. The molecule has 0 radical (unpaired) electrons. The molecule has 2 aromatic carbocycles. The van der Waals surface area contributed by atoms with Gasteiger partial charge in [0.2, 0.25) is 0 Å². The average Bonchev–Trinajstić information content (AvgIpc) is 2.54. The first-order valence-corrected chi connectivity index (χ1v) is 8.40. The van der Waals surface area contributed by atoms with Gasteiger partial charge in [0.25, 0.3) is 0 Å². The molecule has 7 heteroatoms. The minimum atomic E-state index is -4.55. The molecular formula is C18H18BrF3N2O. The molecular weight excluding hydrogens is 397 g/mol. The van der Waals surface area contributed by atoms with E-state index in [1.807, 2.05) is 6.92 Å². The molecule has 0 bridgehead atoms. The lowest BCUT2D eigenvalue weighted by molar-refractivity contribution is -0.138. The predicted octanol–water partition coefficient (Wildman–Crippen LogP) is 6.18. The van der Waals surface area contributed by atoms with Gasteiger partial charge in [0, 0.05) is 13.6 Å². The highest BCUT2D eigenvalue weighted by atomic mass is 79.9. The van der Waals surface area contributed by atoms with Gasteiger partial charge in [-0.15, -0.1) is 0 Å². The molecule has 0 unspecified atom stereocenters. The Hall–Kier alpha value is -2.02. The molecule has 0 aliphatic rings. The lowest BCUT2D eigenvalue weighted by Crippen LogP contribution is -2.14. The van der Waals surface area contributed by atoms with Gasteiger partial charge in [-0.2, -0.15) is 13.2 Å². The summed E-state index contributed by atoms with van der Waals surface area (Å²) in [7, 11) is 1.80. The number of hydrogen-bond acceptors (Lipinski definition) is 2. The van der Waals surface area contributed by atoms with Crippen LogP contribution in [-0.2, 0) is 6.18 Å². The Morgan fingerprint density at radius 2 is 1.88 bits per heavy atom. The standard InChI is InChI=1S/C18H18BrF3N2O/c1-4-24(3)11-23-15-10-13(18(20,21)22)17(9-12(15)2)25-16-8-6-5-7-14(16)19/h5-11H,4H2,1-3H3. The van der Waals surface area contributed by atoms with Gasteiger partial charge in [-0.25, -0.2) is 4.99 Å². The minimum absolute atomic E-state index is 0.250. The lowest BCUT2D eigenvalue weighted by atomic mass is 10.1. The molecule has 25 heavy (non-hydrogen) atoms. The van der Waals surface area contributed by atoms with Crippen molar-refractivity contribution in [2.24, 2.45) is 4.99 Å². The lowest BCUT2D eigenvalue weighted by Gasteiger charge is -2.17. The van der Waals surface area contributed by atoms with Crippen molar-refractivity contribution in [3.05, 3.63) is 52.0 Å². The number of ether oxygens (including phenoxy) is 1. The smallest absolute Gasteiger partial charge is 0.420 e. The zero-order valence-corrected chi connectivity index (χ0v) is 15.6. The molecule has 0 saturated heterocycles. The fraction of sp³-hybridized carbons (Fsp3) is 0.278. The summed E-state index contributed by atoms with van der Waals surface area (Å²) in [6.45, 7) is 4.33. The van der Waals surface area contributed by atoms with Gasteiger partial charge in [0.05, 0.1) is 16.5 Å². The zero-order chi connectivity index (χ0) is 18.6. The molecule has 0 amide bonds. The monoisotopic (exact) mass is 414 g/mol. The van der Waals surface area contributed by atoms with Crippen molar-refractivity contribution in [3.8, 4) is 11.5 Å². The van der Waals surface area contributed by atoms with Crippen LogP contribution in [-0.4, -0.2) is 24.8 Å². The summed E-state index contributed by atoms with van der Waals surface area (Å²) in [6.07, 6.45) is -3.04. The van der Waals surface area contributed by atoms with E-state index in [9.17, 15) is 13.2 Å². The molecule has 0 heterocycles. The molecule has 0 aliphatic heterocycles. The summed E-state index contributed by atoms with van der Waals surface area (Å²) >= 11 is 3.28. The third kappa shape index (κ3) is 4.98. The molecule has 0 saturated carbocycles. The Kier molecular flexibility index (Phi) is 6.11. The van der Waals surface area contributed by atoms with E-state index in [4.69, 9.17) is 4.74 Å². The molecule has 3 nitrogen and oxygen atoms in total. The molecule has 0 spiro atoms. The van der Waals surface area contributed by atoms with Gasteiger partial charge in [0.1, 0.15) is 17.1 Å². The average molecular weight is 415 g/mol. The first kappa shape index (κ1) is 19.3. The number of aliphatic imine (C=N–C) groups is 1. The van der Waals surface area contributed by atoms with Crippen LogP contribution < -0.4 is 4.74 Å². The van der Waals surface area contributed by atoms with Crippen LogP contribution in [0.15, 0.2) is 45.9 Å². The normalized spacial score (nSPS) is 11.8. The molecule has 0 atom stereocenters. The minimum Gasteiger partial charge on any atom is -0.456 e. The van der Waals surface area contributed by atoms with Crippen LogP contribution in [0.4, 0.5) is 18.9 Å². The Balaban J connectivity index is 2.48. The van der Waals surface area contributed by atoms with Gasteiger partial charge < -0.3 is 9.64 Å². The fourth-order valence-electron chi connectivity index (χ4n) is 2.00. The summed E-state index contributed by atoms with van der Waals surface area (Å²) < 4.78 is 46.5. The van der Waals surface area contributed by atoms with Gasteiger partial charge >= 0.3 is 6.18 Å². The van der Waals surface area contributed by atoms with E-state index >= 15 is 0 Å². The van der Waals surface area contributed by atoms with Gasteiger partial charge in [0.15, 0.2) is 0 Å². The molecule has 0 aliphatic carbocycles. The largest absolute Gasteiger partial charge is 0.456 e. The summed E-state index contributed by atoms with van der Waals surface area (Å²) in [5.41, 5.74) is -0.0111. The van der Waals surface area contributed by atoms with Crippen LogP contribution in [0.2, 0.25) is 0 Å². The molecule has 2 aromatic rings. The maximum absolute atomic E-state index is 13.5. The number of benzene rings is 2. The van der Waals surface area contributed by atoms with Crippen LogP contribution in [0, 0.1) is 6.92 Å². The van der Waals surface area contributed by atoms with Crippen LogP contribution in [0.25, 0.3) is 0 Å². The third-order valence-electron chi connectivity index (χ3n) is 3.55. The van der Waals surface area contributed by atoms with Crippen molar-refractivity contribution in [2.75, 3.05) is 13.6 Å². The number of nitrogens with zero attached hydrogens (tertiary/aromatic N) is 2. The number of halogens is 4. The van der Waals surface area contributed by atoms with Crippen LogP contribution in [0.3, 0.4) is 0 Å². The first-order chi connectivity index (χ1) is 11.7. The second-order valence-electron chi connectivity index (χ2n) is 5.48. The predicted molar refractivity (Wildman–Crippen MR) is 96.9 cm³/mol. The quantitative estimate of drug-likeness (QED) is 0.430. The van der Waals surface area contributed by atoms with Gasteiger partial charge in [-0.1, -0.05) is 12.1 Å². The summed E-state index contributed by atoms with van der Waals surface area (Å²) in [5.74, 6) is 0.0639. The first-order valence-electron chi connectivity index (χ1n) is 7.61. The summed E-state index contributed by atoms with van der Waals surface area (Å²) in [6, 6.07) is 9.13. The molecule has 0 N–H and O–H groups in total. The molecule has 2 rings (SSSR count). The molecule has 134 valence electrons. The van der Waals surface area contributed by atoms with Gasteiger partial charge in [-0.05, 0) is 59.6 Å². The van der Waals surface area contributed by atoms with Crippen molar-refractivity contribution in [3.63, 3.8) is 0 Å². The topological polar surface area (TPSA) is 24.8 Å². The Labute approximate surface area is 153 Å². The zero-order valence-electron chi connectivity index (χ0n) is 14.1. The maximum atomic E-state index is 13.5. The van der Waals surface area contributed by atoms with E-state index < -0.39 is 11.7 Å². The van der Waals surface area contributed by atoms with Crippen LogP contribution in [0.1, 0.15) is 18.1 Å². The second kappa shape index (κ2) is 7.91. The third-order valence-corrected chi connectivity index (χ3v) is 4.21. The Morgan fingerprint density at radius 3 is 2.48 bits per heavy atom. The van der Waals surface area contributed by atoms with Gasteiger partial charge in [-0.3, -0.25) is 0 Å². The SMILES string of the molecule is CCN(C)C=Nc1cc(C(F)(F)F)c(Oc2ccccc2Br)cc1C. The molecule has 0 fully saturated rings. The van der Waals surface area contributed by atoms with Crippen molar-refractivity contribution in [2.45, 2.75) is 20.0 Å². The second-order valence-corrected chi connectivity index (χ2v) is 6.34. The van der Waals surface area contributed by atoms with E-state index in [2.05, 4.69) is 20.9 Å². The Bertz CT molecular complexity index is 775. The van der Waals surface area contributed by atoms with Crippen molar-refractivity contribution in [1.82, 2.24) is 4.90 Å². The Morgan fingerprint density at radius 1 is 1.20 bits per heavy atom. The van der Waals surface area contributed by atoms with E-state index in [1.165, 1.54) is 12.4 Å². The summed E-state index contributed by atoms with van der Waals surface area (Å²) in [5, 5.41) is 0. The van der Waals surface area contributed by atoms with Crippen molar-refractivity contribution >= 4 is 28.0 Å². The number of para-hydroxylation sites is 1. The van der Waals surface area contributed by atoms with E-state index in [1.54, 1.807) is 43.1 Å². The van der Waals surface area contributed by atoms with E-state index in [0.717, 1.165) is 6.07 Å². The fourth-order valence-corrected chi connectivity index (χ4v) is 2.37. The number of rotatable bonds is 5. The maximum Gasteiger partial charge on any atom is 0.420 e. The molecule has 0 aromatic heterocycles. The highest BCUT2D eigenvalue weighted by Gasteiger charge is 2.35. The van der Waals surface area contributed by atoms with Crippen LogP contribution in [0.5, 0.6) is 11.5 Å². The van der Waals surface area contributed by atoms with Crippen molar-refractivity contribution < 1.29 is 17.9 Å². The van der Waals surface area contributed by atoms with E-state index in [-0.39, 0.29) is 11.4 Å². The van der Waals surface area contributed by atoms with E-state index in [0.29, 0.717) is 22.3 Å². The van der Waals surface area contributed by atoms with Crippen molar-refractivity contribution in [1.29, 1.82) is 0 Å². The number of alkyl halides is 3.